The maximum Gasteiger partial charge on any atom is 0.243 e. The molecule has 19 heavy (non-hydrogen) atoms. The van der Waals surface area contributed by atoms with Crippen LogP contribution in [0.25, 0.3) is 0 Å². The summed E-state index contributed by atoms with van der Waals surface area (Å²) in [7, 11) is 1.93. The number of ketones is 1. The van der Waals surface area contributed by atoms with Crippen molar-refractivity contribution in [1.29, 1.82) is 0 Å². The number of piperazine rings is 1. The van der Waals surface area contributed by atoms with E-state index in [0.717, 1.165) is 32.4 Å². The van der Waals surface area contributed by atoms with Gasteiger partial charge in [0.25, 0.3) is 0 Å². The molecule has 104 valence electrons. The Labute approximate surface area is 114 Å². The number of piperidine rings is 2. The van der Waals surface area contributed by atoms with Crippen molar-refractivity contribution in [3.63, 3.8) is 0 Å². The van der Waals surface area contributed by atoms with Crippen LogP contribution in [-0.2, 0) is 9.59 Å². The molecule has 5 rings (SSSR count). The topological polar surface area (TPSA) is 40.6 Å². The number of hydrogen-bond donors (Lipinski definition) is 0. The first-order valence-electron chi connectivity index (χ1n) is 7.41. The molecule has 4 aliphatic heterocycles. The quantitative estimate of drug-likeness (QED) is 0.655. The van der Waals surface area contributed by atoms with Crippen molar-refractivity contribution >= 4 is 11.7 Å². The molecule has 1 unspecified atom stereocenters. The molecule has 0 aromatic heterocycles. The molecule has 0 radical (unpaired) electrons. The molecule has 4 saturated heterocycles. The second-order valence-corrected chi connectivity index (χ2v) is 7.60. The second kappa shape index (κ2) is 3.05. The minimum Gasteiger partial charge on any atom is -0.336 e. The van der Waals surface area contributed by atoms with E-state index in [-0.39, 0.29) is 22.4 Å². The van der Waals surface area contributed by atoms with Gasteiger partial charge >= 0.3 is 0 Å². The van der Waals surface area contributed by atoms with Gasteiger partial charge < -0.3 is 4.90 Å². The summed E-state index contributed by atoms with van der Waals surface area (Å²) < 4.78 is 0. The van der Waals surface area contributed by atoms with E-state index in [9.17, 15) is 9.59 Å². The molecule has 2 bridgehead atoms. The van der Waals surface area contributed by atoms with Crippen molar-refractivity contribution in [2.24, 2.45) is 11.3 Å². The maximum absolute atomic E-state index is 12.8. The normalized spacial score (nSPS) is 47.7. The first-order chi connectivity index (χ1) is 8.84. The van der Waals surface area contributed by atoms with E-state index >= 15 is 0 Å². The van der Waals surface area contributed by atoms with Gasteiger partial charge in [-0.05, 0) is 31.7 Å². The van der Waals surface area contributed by atoms with Crippen molar-refractivity contribution in [1.82, 2.24) is 9.80 Å². The van der Waals surface area contributed by atoms with Crippen LogP contribution in [-0.4, -0.2) is 52.7 Å². The number of carbonyl (C=O) groups excluding carboxylic acids is 2. The van der Waals surface area contributed by atoms with Crippen LogP contribution >= 0.6 is 0 Å². The fourth-order valence-corrected chi connectivity index (χ4v) is 5.47. The van der Waals surface area contributed by atoms with Crippen LogP contribution in [0.2, 0.25) is 0 Å². The third-order valence-electron chi connectivity index (χ3n) is 6.71. The number of fused-ring (bicyclic) bond motifs is 1. The molecular weight excluding hydrogens is 240 g/mol. The van der Waals surface area contributed by atoms with Crippen molar-refractivity contribution in [2.45, 2.75) is 50.6 Å². The largest absolute Gasteiger partial charge is 0.336 e. The van der Waals surface area contributed by atoms with E-state index in [4.69, 9.17) is 0 Å². The number of carbonyl (C=O) groups is 2. The number of nitrogens with zero attached hydrogens (tertiary/aromatic N) is 2. The molecule has 4 nitrogen and oxygen atoms in total. The van der Waals surface area contributed by atoms with Gasteiger partial charge in [-0.1, -0.05) is 13.8 Å². The van der Waals surface area contributed by atoms with Gasteiger partial charge in [0.2, 0.25) is 5.91 Å². The number of rotatable bonds is 0. The second-order valence-electron chi connectivity index (χ2n) is 7.60. The Morgan fingerprint density at radius 2 is 2.00 bits per heavy atom. The summed E-state index contributed by atoms with van der Waals surface area (Å²) in [5.74, 6) is 0.956. The molecule has 0 N–H and O–H groups in total. The van der Waals surface area contributed by atoms with Crippen LogP contribution in [0.15, 0.2) is 0 Å². The van der Waals surface area contributed by atoms with Crippen molar-refractivity contribution in [2.75, 3.05) is 20.1 Å². The summed E-state index contributed by atoms with van der Waals surface area (Å²) in [6.45, 7) is 6.12. The molecule has 1 saturated carbocycles. The van der Waals surface area contributed by atoms with Crippen LogP contribution in [0.3, 0.4) is 0 Å². The fraction of sp³-hybridized carbons (Fsp3) is 0.867. The smallest absolute Gasteiger partial charge is 0.243 e. The number of amides is 1. The van der Waals surface area contributed by atoms with Gasteiger partial charge in [-0.3, -0.25) is 14.5 Å². The van der Waals surface area contributed by atoms with Gasteiger partial charge in [-0.25, -0.2) is 0 Å². The Morgan fingerprint density at radius 1 is 1.26 bits per heavy atom. The zero-order valence-corrected chi connectivity index (χ0v) is 12.0. The van der Waals surface area contributed by atoms with Crippen LogP contribution < -0.4 is 0 Å². The SMILES string of the molecule is CN1C(=O)C23CCCN2C[C@]12CC(=O)C(C)(C)[C@H]2C3. The summed E-state index contributed by atoms with van der Waals surface area (Å²) in [6.07, 6.45) is 3.55. The number of Topliss-reactive ketones (excluding diaryl/α,β-unsaturated/α-hetero) is 1. The van der Waals surface area contributed by atoms with Crippen molar-refractivity contribution < 1.29 is 9.59 Å². The lowest BCUT2D eigenvalue weighted by molar-refractivity contribution is -0.184. The van der Waals surface area contributed by atoms with Gasteiger partial charge in [0, 0.05) is 25.4 Å². The molecule has 4 heteroatoms. The Balaban J connectivity index is 1.90. The average molecular weight is 262 g/mol. The Bertz CT molecular complexity index is 500. The summed E-state index contributed by atoms with van der Waals surface area (Å²) in [6, 6.07) is 0. The highest BCUT2D eigenvalue weighted by molar-refractivity contribution is 5.95. The lowest BCUT2D eigenvalue weighted by atomic mass is 9.61. The molecule has 0 aromatic carbocycles. The van der Waals surface area contributed by atoms with Crippen LogP contribution in [0.4, 0.5) is 0 Å². The molecular formula is C15H22N2O2. The summed E-state index contributed by atoms with van der Waals surface area (Å²) in [4.78, 5) is 29.6. The van der Waals surface area contributed by atoms with Gasteiger partial charge in [0.05, 0.1) is 5.54 Å². The minimum absolute atomic E-state index is 0.218. The van der Waals surface area contributed by atoms with Crippen LogP contribution in [0.5, 0.6) is 0 Å². The summed E-state index contributed by atoms with van der Waals surface area (Å²) >= 11 is 0. The van der Waals surface area contributed by atoms with Crippen LogP contribution in [0.1, 0.15) is 39.5 Å². The fourth-order valence-electron chi connectivity index (χ4n) is 5.47. The molecule has 2 spiro atoms. The standard InChI is InChI=1S/C15H22N2O2/c1-13(2)10-7-14-5-4-6-17(14)9-15(10,8-11(13)18)16(3)12(14)19/h10H,4-9H2,1-3H3/t10-,14?,15+/m1/s1. The van der Waals surface area contributed by atoms with Gasteiger partial charge in [-0.2, -0.15) is 0 Å². The lowest BCUT2D eigenvalue weighted by Crippen LogP contribution is -2.78. The Kier molecular flexibility index (Phi) is 1.91. The molecule has 1 amide bonds. The molecule has 3 atom stereocenters. The first kappa shape index (κ1) is 11.9. The average Bonchev–Trinajstić information content (AvgIpc) is 2.84. The first-order valence-corrected chi connectivity index (χ1v) is 7.41. The van der Waals surface area contributed by atoms with Gasteiger partial charge in [0.1, 0.15) is 11.3 Å². The van der Waals surface area contributed by atoms with E-state index in [2.05, 4.69) is 18.7 Å². The molecule has 4 heterocycles. The molecule has 5 fully saturated rings. The van der Waals surface area contributed by atoms with Gasteiger partial charge in [-0.15, -0.1) is 0 Å². The van der Waals surface area contributed by atoms with E-state index in [0.29, 0.717) is 18.1 Å². The lowest BCUT2D eigenvalue weighted by Gasteiger charge is -2.63. The Hall–Kier alpha value is -0.900. The van der Waals surface area contributed by atoms with Crippen LogP contribution in [0, 0.1) is 11.3 Å². The zero-order chi connectivity index (χ0) is 13.6. The predicted octanol–water partition coefficient (Wildman–Crippen LogP) is 1.05. The maximum atomic E-state index is 12.8. The zero-order valence-electron chi connectivity index (χ0n) is 12.0. The summed E-state index contributed by atoms with van der Waals surface area (Å²) in [5.41, 5.74) is -0.760. The van der Waals surface area contributed by atoms with E-state index in [1.807, 2.05) is 11.9 Å². The van der Waals surface area contributed by atoms with E-state index < -0.39 is 0 Å². The minimum atomic E-state index is -0.275. The highest BCUT2D eigenvalue weighted by atomic mass is 16.2. The van der Waals surface area contributed by atoms with Crippen molar-refractivity contribution in [3.05, 3.63) is 0 Å². The monoisotopic (exact) mass is 262 g/mol. The molecule has 0 aromatic rings. The number of likely N-dealkylation sites (N-methyl/N-ethyl adjacent to an activating group) is 1. The predicted molar refractivity (Wildman–Crippen MR) is 70.6 cm³/mol. The highest BCUT2D eigenvalue weighted by Crippen LogP contribution is 2.61. The highest BCUT2D eigenvalue weighted by Gasteiger charge is 2.73. The Morgan fingerprint density at radius 3 is 2.74 bits per heavy atom. The third kappa shape index (κ3) is 1.04. The van der Waals surface area contributed by atoms with Gasteiger partial charge in [0.15, 0.2) is 0 Å². The summed E-state index contributed by atoms with van der Waals surface area (Å²) in [5, 5.41) is 0. The van der Waals surface area contributed by atoms with E-state index in [1.165, 1.54) is 0 Å². The third-order valence-corrected chi connectivity index (χ3v) is 6.71. The van der Waals surface area contributed by atoms with E-state index in [1.54, 1.807) is 0 Å². The number of hydrogen-bond acceptors (Lipinski definition) is 3. The molecule has 1 aliphatic carbocycles. The van der Waals surface area contributed by atoms with Crippen molar-refractivity contribution in [3.8, 4) is 0 Å². The molecule has 5 aliphatic rings.